The van der Waals surface area contributed by atoms with E-state index in [1.165, 1.54) is 30.3 Å². The third-order valence-electron chi connectivity index (χ3n) is 11.6. The lowest BCUT2D eigenvalue weighted by atomic mass is 9.82. The van der Waals surface area contributed by atoms with Gasteiger partial charge in [-0.2, -0.15) is 0 Å². The maximum atomic E-state index is 13.7. The largest absolute Gasteiger partial charge is 0.507 e. The van der Waals surface area contributed by atoms with Crippen LogP contribution in [0.1, 0.15) is 37.4 Å². The van der Waals surface area contributed by atoms with Gasteiger partial charge in [0.15, 0.2) is 24.7 Å². The van der Waals surface area contributed by atoms with Gasteiger partial charge in [0.05, 0.1) is 37.6 Å². The van der Waals surface area contributed by atoms with Crippen molar-refractivity contribution in [2.24, 2.45) is 0 Å². The van der Waals surface area contributed by atoms with Crippen LogP contribution in [-0.4, -0.2) is 232 Å². The summed E-state index contributed by atoms with van der Waals surface area (Å²) in [6.07, 6.45) is -36.4. The second-order valence-electron chi connectivity index (χ2n) is 15.9. The van der Waals surface area contributed by atoms with Crippen LogP contribution >= 0.6 is 0 Å². The fraction of sp³-hybridized carbons (Fsp3) is 0.641. The van der Waals surface area contributed by atoms with Crippen LogP contribution in [0.25, 0.3) is 0 Å². The standard InChI is InChI=1S/C39H50O24/c1-11-5-13-21(27(48)20-12(22(13)43)3-2-4-14(20)42)15(6-11)58-38-32(53)29(50)24(45)18(61-38)10-57-37-34(55)35(26(47)17(8-41)60-37)63-39-33(54)30(51)25(46)19(62-39)9-56-36-31(52)28(49)23(44)16(7-40)59-36/h2-6,16-19,23-26,28-42,44-47,49-55H,7-10H2,1H3/t16-,17-,18?,19-,23-,24-,25-,26-,28+,29+,30+,31-,32-,33-,34-,35+,36-,37-,38-,39+/m0/s1. The predicted molar refractivity (Wildman–Crippen MR) is 198 cm³/mol. The van der Waals surface area contributed by atoms with Crippen molar-refractivity contribution in [2.45, 2.75) is 130 Å². The lowest BCUT2D eigenvalue weighted by Crippen LogP contribution is -2.65. The van der Waals surface area contributed by atoms with E-state index in [0.717, 1.165) is 0 Å². The third kappa shape index (κ3) is 8.97. The Hall–Kier alpha value is -3.42. The maximum Gasteiger partial charge on any atom is 0.229 e. The van der Waals surface area contributed by atoms with Gasteiger partial charge in [-0.1, -0.05) is 12.1 Å². The molecular formula is C39H50O24. The topological polar surface area (TPSA) is 391 Å². The summed E-state index contributed by atoms with van der Waals surface area (Å²) in [7, 11) is 0. The van der Waals surface area contributed by atoms with Gasteiger partial charge in [-0.3, -0.25) is 9.59 Å². The summed E-state index contributed by atoms with van der Waals surface area (Å²) in [5.41, 5.74) is -0.243. The molecule has 1 aliphatic carbocycles. The fourth-order valence-electron chi connectivity index (χ4n) is 8.03. The molecule has 0 radical (unpaired) electrons. The van der Waals surface area contributed by atoms with E-state index in [1.807, 2.05) is 0 Å². The molecule has 0 saturated carbocycles. The zero-order valence-corrected chi connectivity index (χ0v) is 33.1. The highest BCUT2D eigenvalue weighted by Crippen LogP contribution is 2.39. The van der Waals surface area contributed by atoms with Gasteiger partial charge in [0.2, 0.25) is 12.1 Å². The lowest BCUT2D eigenvalue weighted by molar-refractivity contribution is -0.369. The zero-order valence-electron chi connectivity index (χ0n) is 33.1. The number of phenols is 1. The lowest BCUT2D eigenvalue weighted by Gasteiger charge is -2.46. The highest BCUT2D eigenvalue weighted by Gasteiger charge is 2.53. The normalized spacial score (nSPS) is 41.8. The Morgan fingerprint density at radius 3 is 1.60 bits per heavy atom. The molecule has 20 atom stereocenters. The van der Waals surface area contributed by atoms with E-state index in [4.69, 9.17) is 37.9 Å². The number of phenolic OH excluding ortho intramolecular Hbond substituents is 1. The van der Waals surface area contributed by atoms with E-state index >= 15 is 0 Å². The number of ether oxygens (including phenoxy) is 8. The molecule has 24 heteroatoms. The third-order valence-corrected chi connectivity index (χ3v) is 11.6. The van der Waals surface area contributed by atoms with Crippen molar-refractivity contribution >= 4 is 11.6 Å². The number of aliphatic hydroxyl groups is 13. The summed E-state index contributed by atoms with van der Waals surface area (Å²) in [6, 6.07) is 6.77. The van der Waals surface area contributed by atoms with Crippen LogP contribution < -0.4 is 4.74 Å². The highest BCUT2D eigenvalue weighted by atomic mass is 16.8. The van der Waals surface area contributed by atoms with Crippen molar-refractivity contribution in [1.82, 2.24) is 0 Å². The number of aryl methyl sites for hydroxylation is 1. The van der Waals surface area contributed by atoms with Crippen molar-refractivity contribution < 1.29 is 119 Å². The first-order chi connectivity index (χ1) is 29.9. The number of benzene rings is 2. The summed E-state index contributed by atoms with van der Waals surface area (Å²) >= 11 is 0. The highest BCUT2D eigenvalue weighted by molar-refractivity contribution is 6.30. The van der Waals surface area contributed by atoms with Gasteiger partial charge >= 0.3 is 0 Å². The molecule has 0 spiro atoms. The Kier molecular flexibility index (Phi) is 14.5. The molecule has 4 aliphatic heterocycles. The number of hydrogen-bond donors (Lipinski definition) is 14. The van der Waals surface area contributed by atoms with Crippen molar-refractivity contribution in [2.75, 3.05) is 26.4 Å². The van der Waals surface area contributed by atoms with Crippen LogP contribution in [0.3, 0.4) is 0 Å². The maximum absolute atomic E-state index is 13.7. The first-order valence-electron chi connectivity index (χ1n) is 19.8. The minimum atomic E-state index is -2.05. The average Bonchev–Trinajstić information content (AvgIpc) is 3.26. The smallest absolute Gasteiger partial charge is 0.229 e. The molecule has 350 valence electrons. The Morgan fingerprint density at radius 2 is 1.02 bits per heavy atom. The summed E-state index contributed by atoms with van der Waals surface area (Å²) in [5.74, 6) is -2.13. The Bertz CT molecular complexity index is 1950. The molecule has 0 aromatic heterocycles. The number of fused-ring (bicyclic) bond motifs is 2. The van der Waals surface area contributed by atoms with E-state index in [2.05, 4.69) is 0 Å². The van der Waals surface area contributed by atoms with Gasteiger partial charge in [0, 0.05) is 11.1 Å². The molecule has 4 fully saturated rings. The predicted octanol–water partition coefficient (Wildman–Crippen LogP) is -6.87. The van der Waals surface area contributed by atoms with E-state index in [0.29, 0.717) is 5.56 Å². The number of ketones is 2. The molecule has 2 aromatic carbocycles. The number of carbonyl (C=O) groups is 2. The molecule has 0 bridgehead atoms. The summed E-state index contributed by atoms with van der Waals surface area (Å²) in [6.45, 7) is -1.60. The summed E-state index contributed by atoms with van der Waals surface area (Å²) in [5, 5.41) is 147. The minimum absolute atomic E-state index is 0.0489. The fourth-order valence-corrected chi connectivity index (χ4v) is 8.03. The molecule has 2 aromatic rings. The quantitative estimate of drug-likeness (QED) is 0.0803. The van der Waals surface area contributed by atoms with Crippen molar-refractivity contribution in [1.29, 1.82) is 0 Å². The van der Waals surface area contributed by atoms with Gasteiger partial charge in [-0.05, 0) is 30.7 Å². The molecule has 7 rings (SSSR count). The van der Waals surface area contributed by atoms with E-state index in [-0.39, 0.29) is 28.0 Å². The van der Waals surface area contributed by atoms with Gasteiger partial charge in [0.25, 0.3) is 0 Å². The molecule has 24 nitrogen and oxygen atoms in total. The Labute approximate surface area is 356 Å². The molecule has 4 heterocycles. The second kappa shape index (κ2) is 19.2. The molecule has 14 N–H and O–H groups in total. The monoisotopic (exact) mass is 902 g/mol. The van der Waals surface area contributed by atoms with Gasteiger partial charge in [-0.15, -0.1) is 0 Å². The molecule has 63 heavy (non-hydrogen) atoms. The number of aliphatic hydroxyl groups excluding tert-OH is 13. The SMILES string of the molecule is Cc1cc(O[C@H]2OC(CO[C@H]3O[C@@H](CO)[C@H](O)[C@@H](O[C@H]4O[C@@H](CO[C@H]5O[C@@H](CO)[C@H](O)[C@@H](O)[C@@H]5O)[C@H](O)[C@@H](O)[C@@H]4O)[C@@H]3O)[C@H](O)[C@@H](O)[C@@H]2O)c2c(c1)C(=O)c1cccc(O)c1C2=O. The van der Waals surface area contributed by atoms with Gasteiger partial charge in [0.1, 0.15) is 109 Å². The Morgan fingerprint density at radius 1 is 0.524 bits per heavy atom. The molecule has 0 amide bonds. The van der Waals surface area contributed by atoms with Gasteiger partial charge < -0.3 is 109 Å². The van der Waals surface area contributed by atoms with E-state index in [9.17, 15) is 81.1 Å². The second-order valence-corrected chi connectivity index (χ2v) is 15.9. The van der Waals surface area contributed by atoms with Crippen LogP contribution in [0.4, 0.5) is 0 Å². The van der Waals surface area contributed by atoms with Gasteiger partial charge in [-0.25, -0.2) is 0 Å². The first-order valence-corrected chi connectivity index (χ1v) is 19.8. The van der Waals surface area contributed by atoms with Crippen molar-refractivity contribution in [3.8, 4) is 11.5 Å². The van der Waals surface area contributed by atoms with E-state index in [1.54, 1.807) is 6.92 Å². The summed E-state index contributed by atoms with van der Waals surface area (Å²) < 4.78 is 44.8. The van der Waals surface area contributed by atoms with Crippen molar-refractivity contribution in [3.05, 3.63) is 58.1 Å². The molecule has 4 saturated heterocycles. The molecular weight excluding hydrogens is 852 g/mol. The van der Waals surface area contributed by atoms with Crippen LogP contribution in [0.2, 0.25) is 0 Å². The minimum Gasteiger partial charge on any atom is -0.507 e. The zero-order chi connectivity index (χ0) is 45.8. The van der Waals surface area contributed by atoms with Crippen LogP contribution in [0, 0.1) is 6.92 Å². The molecule has 5 aliphatic rings. The van der Waals surface area contributed by atoms with Crippen molar-refractivity contribution in [3.63, 3.8) is 0 Å². The Balaban J connectivity index is 1.03. The number of aromatic hydroxyl groups is 1. The first kappa shape index (κ1) is 47.5. The van der Waals surface area contributed by atoms with Crippen LogP contribution in [0.5, 0.6) is 11.5 Å². The van der Waals surface area contributed by atoms with E-state index < -0.39 is 167 Å². The molecule has 1 unspecified atom stereocenters. The number of rotatable bonds is 12. The summed E-state index contributed by atoms with van der Waals surface area (Å²) in [4.78, 5) is 27.1. The average molecular weight is 903 g/mol. The number of carbonyl (C=O) groups excluding carboxylic acids is 2. The van der Waals surface area contributed by atoms with Crippen LogP contribution in [0.15, 0.2) is 30.3 Å². The number of hydrogen-bond acceptors (Lipinski definition) is 24. The van der Waals surface area contributed by atoms with Crippen LogP contribution in [-0.2, 0) is 33.2 Å².